The molecule has 0 heterocycles. The van der Waals surface area contributed by atoms with Crippen molar-refractivity contribution in [1.29, 1.82) is 0 Å². The summed E-state index contributed by atoms with van der Waals surface area (Å²) >= 11 is 0. The smallest absolute Gasteiger partial charge is 0.215 e. The van der Waals surface area contributed by atoms with Crippen LogP contribution in [0.5, 0.6) is 0 Å². The molecule has 2 nitrogen and oxygen atoms in total. The van der Waals surface area contributed by atoms with Gasteiger partial charge in [0.15, 0.2) is 0 Å². The average Bonchev–Trinajstić information content (AvgIpc) is 2.09. The fourth-order valence-electron chi connectivity index (χ4n) is 0.479. The van der Waals surface area contributed by atoms with Crippen molar-refractivity contribution >= 4 is 5.90 Å². The summed E-state index contributed by atoms with van der Waals surface area (Å²) < 4.78 is 14.4. The SMILES string of the molecule is C=C(C)C(=N/C=C\C)OC.CF. The van der Waals surface area contributed by atoms with Crippen LogP contribution in [0.1, 0.15) is 13.8 Å². The number of ether oxygens (including phenoxy) is 1. The van der Waals surface area contributed by atoms with Crippen LogP contribution < -0.4 is 0 Å². The second-order valence-electron chi connectivity index (χ2n) is 1.90. The van der Waals surface area contributed by atoms with E-state index in [0.29, 0.717) is 13.1 Å². The minimum atomic E-state index is 0.500. The van der Waals surface area contributed by atoms with Gasteiger partial charge in [0.2, 0.25) is 5.90 Å². The lowest BCUT2D eigenvalue weighted by Crippen LogP contribution is -2.00. The predicted octanol–water partition coefficient (Wildman–Crippen LogP) is 2.73. The largest absolute Gasteiger partial charge is 0.481 e. The van der Waals surface area contributed by atoms with E-state index in [9.17, 15) is 4.39 Å². The van der Waals surface area contributed by atoms with Crippen LogP contribution in [0.2, 0.25) is 0 Å². The molecule has 0 bridgehead atoms. The van der Waals surface area contributed by atoms with E-state index in [1.54, 1.807) is 13.3 Å². The molecule has 0 saturated carbocycles. The molecule has 0 aromatic heterocycles. The number of aliphatic imine (C=N–C) groups is 1. The third kappa shape index (κ3) is 6.99. The first kappa shape index (κ1) is 13.5. The molecule has 0 rings (SSSR count). The molecule has 0 aromatic rings. The summed E-state index contributed by atoms with van der Waals surface area (Å²) in [6.45, 7) is 7.44. The predicted molar refractivity (Wildman–Crippen MR) is 51.1 cm³/mol. The van der Waals surface area contributed by atoms with Crippen molar-refractivity contribution in [3.8, 4) is 0 Å². The highest BCUT2D eigenvalue weighted by Crippen LogP contribution is 1.94. The lowest BCUT2D eigenvalue weighted by Gasteiger charge is -1.99. The van der Waals surface area contributed by atoms with E-state index in [4.69, 9.17) is 4.74 Å². The van der Waals surface area contributed by atoms with Gasteiger partial charge in [0.05, 0.1) is 14.3 Å². The maximum Gasteiger partial charge on any atom is 0.215 e. The van der Waals surface area contributed by atoms with Gasteiger partial charge >= 0.3 is 0 Å². The van der Waals surface area contributed by atoms with E-state index in [2.05, 4.69) is 11.6 Å². The molecule has 0 unspecified atom stereocenters. The van der Waals surface area contributed by atoms with E-state index < -0.39 is 0 Å². The van der Waals surface area contributed by atoms with E-state index in [1.807, 2.05) is 19.9 Å². The Labute approximate surface area is 73.5 Å². The third-order valence-corrected chi connectivity index (χ3v) is 0.899. The van der Waals surface area contributed by atoms with Crippen molar-refractivity contribution in [2.24, 2.45) is 4.99 Å². The van der Waals surface area contributed by atoms with E-state index in [1.165, 1.54) is 0 Å². The Morgan fingerprint density at radius 2 is 2.00 bits per heavy atom. The molecule has 0 atom stereocenters. The summed E-state index contributed by atoms with van der Waals surface area (Å²) in [7, 11) is 2.08. The van der Waals surface area contributed by atoms with Crippen molar-refractivity contribution in [3.05, 3.63) is 24.4 Å². The molecule has 0 aliphatic carbocycles. The number of halogens is 1. The van der Waals surface area contributed by atoms with E-state index >= 15 is 0 Å². The fraction of sp³-hybridized carbons (Fsp3) is 0.444. The van der Waals surface area contributed by atoms with E-state index in [0.717, 1.165) is 5.57 Å². The number of methoxy groups -OCH3 is 1. The highest BCUT2D eigenvalue weighted by atomic mass is 19.1. The van der Waals surface area contributed by atoms with Gasteiger partial charge < -0.3 is 4.74 Å². The monoisotopic (exact) mass is 173 g/mol. The molecule has 0 spiro atoms. The molecule has 70 valence electrons. The highest BCUT2D eigenvalue weighted by molar-refractivity contribution is 5.92. The van der Waals surface area contributed by atoms with Gasteiger partial charge in [0, 0.05) is 11.8 Å². The second-order valence-corrected chi connectivity index (χ2v) is 1.90. The lowest BCUT2D eigenvalue weighted by atomic mass is 10.3. The maximum absolute atomic E-state index is 9.50. The Morgan fingerprint density at radius 3 is 2.25 bits per heavy atom. The molecule has 3 heteroatoms. The molecule has 0 aliphatic heterocycles. The summed E-state index contributed by atoms with van der Waals surface area (Å²) in [6.07, 6.45) is 3.51. The lowest BCUT2D eigenvalue weighted by molar-refractivity contribution is 0.403. The first-order valence-corrected chi connectivity index (χ1v) is 3.49. The molecular weight excluding hydrogens is 157 g/mol. The molecule has 0 N–H and O–H groups in total. The van der Waals surface area contributed by atoms with Crippen LogP contribution in [0.3, 0.4) is 0 Å². The van der Waals surface area contributed by atoms with Crippen LogP contribution in [-0.4, -0.2) is 20.2 Å². The van der Waals surface area contributed by atoms with Crippen molar-refractivity contribution < 1.29 is 9.13 Å². The Kier molecular flexibility index (Phi) is 11.1. The third-order valence-electron chi connectivity index (χ3n) is 0.899. The molecule has 0 saturated heterocycles. The normalized spacial score (nSPS) is 10.6. The number of alkyl halides is 1. The van der Waals surface area contributed by atoms with Gasteiger partial charge in [-0.1, -0.05) is 12.7 Å². The van der Waals surface area contributed by atoms with Gasteiger partial charge in [-0.25, -0.2) is 4.99 Å². The molecule has 0 aromatic carbocycles. The highest BCUT2D eigenvalue weighted by Gasteiger charge is 1.94. The number of allylic oxidation sites excluding steroid dienone is 1. The van der Waals surface area contributed by atoms with Gasteiger partial charge in [0.1, 0.15) is 0 Å². The Balaban J connectivity index is 0. The van der Waals surface area contributed by atoms with Gasteiger partial charge in [-0.2, -0.15) is 0 Å². The van der Waals surface area contributed by atoms with Gasteiger partial charge in [0.25, 0.3) is 0 Å². The number of rotatable bonds is 2. The van der Waals surface area contributed by atoms with Gasteiger partial charge in [-0.3, -0.25) is 4.39 Å². The maximum atomic E-state index is 9.50. The average molecular weight is 173 g/mol. The number of hydrogen-bond acceptors (Lipinski definition) is 2. The van der Waals surface area contributed by atoms with Crippen molar-refractivity contribution in [1.82, 2.24) is 0 Å². The van der Waals surface area contributed by atoms with Crippen molar-refractivity contribution in [3.63, 3.8) is 0 Å². The standard InChI is InChI=1S/C8H13NO.CH3F/c1-5-6-9-8(10-4)7(2)3;1-2/h5-6H,2H2,1,3-4H3;1H3/b6-5-,9-8?;. The minimum Gasteiger partial charge on any atom is -0.481 e. The Bertz CT molecular complexity index is 173. The Morgan fingerprint density at radius 1 is 1.50 bits per heavy atom. The zero-order valence-corrected chi connectivity index (χ0v) is 8.10. The molecule has 12 heavy (non-hydrogen) atoms. The molecular formula is C9H16FNO. The Hall–Kier alpha value is -1.12. The van der Waals surface area contributed by atoms with Crippen LogP contribution in [-0.2, 0) is 4.74 Å². The van der Waals surface area contributed by atoms with E-state index in [-0.39, 0.29) is 0 Å². The fourth-order valence-corrected chi connectivity index (χ4v) is 0.479. The molecule has 0 amide bonds. The summed E-state index contributed by atoms with van der Waals surface area (Å²) in [6, 6.07) is 0. The number of hydrogen-bond donors (Lipinski definition) is 0. The van der Waals surface area contributed by atoms with Crippen LogP contribution >= 0.6 is 0 Å². The number of nitrogens with zero attached hydrogens (tertiary/aromatic N) is 1. The van der Waals surface area contributed by atoms with Gasteiger partial charge in [-0.05, 0) is 13.8 Å². The second kappa shape index (κ2) is 9.88. The first-order chi connectivity index (χ1) is 5.72. The van der Waals surface area contributed by atoms with Crippen LogP contribution in [0.25, 0.3) is 0 Å². The molecule has 0 radical (unpaired) electrons. The van der Waals surface area contributed by atoms with Crippen molar-refractivity contribution in [2.75, 3.05) is 14.3 Å². The van der Waals surface area contributed by atoms with Crippen molar-refractivity contribution in [2.45, 2.75) is 13.8 Å². The summed E-state index contributed by atoms with van der Waals surface area (Å²) in [5.41, 5.74) is 0.834. The first-order valence-electron chi connectivity index (χ1n) is 3.49. The van der Waals surface area contributed by atoms with Gasteiger partial charge in [-0.15, -0.1) is 0 Å². The summed E-state index contributed by atoms with van der Waals surface area (Å²) in [5.74, 6) is 0.582. The van der Waals surface area contributed by atoms with Crippen LogP contribution in [0, 0.1) is 0 Å². The molecule has 0 aliphatic rings. The topological polar surface area (TPSA) is 21.6 Å². The summed E-state index contributed by atoms with van der Waals surface area (Å²) in [4.78, 5) is 3.97. The minimum absolute atomic E-state index is 0.500. The van der Waals surface area contributed by atoms with Crippen LogP contribution in [0.15, 0.2) is 29.4 Å². The quantitative estimate of drug-likeness (QED) is 0.464. The zero-order valence-electron chi connectivity index (χ0n) is 8.10. The zero-order chi connectivity index (χ0) is 9.98. The molecule has 0 fully saturated rings. The van der Waals surface area contributed by atoms with Crippen LogP contribution in [0.4, 0.5) is 4.39 Å². The summed E-state index contributed by atoms with van der Waals surface area (Å²) in [5, 5.41) is 0.